The van der Waals surface area contributed by atoms with Crippen LogP contribution in [0, 0.1) is 55.4 Å². The molecule has 0 aromatic heterocycles. The number of anilines is 4. The minimum atomic E-state index is -1.12. The topological polar surface area (TPSA) is 111 Å². The minimum Gasteiger partial charge on any atom is -0.369 e. The molecule has 3 aliphatic heterocycles. The van der Waals surface area contributed by atoms with Crippen molar-refractivity contribution in [2.45, 2.75) is 312 Å². The molecular formula is C110H134N4O4S. The quantitative estimate of drug-likeness (QED) is 0.0106. The molecule has 0 saturated carbocycles. The molecule has 0 fully saturated rings. The Kier molecular flexibility index (Phi) is 26.5. The third-order valence-electron chi connectivity index (χ3n) is 28.1. The number of hydrogen-bond donors (Lipinski definition) is 6. The summed E-state index contributed by atoms with van der Waals surface area (Å²) in [5.74, 6) is 0. The Bertz CT molecular complexity index is 5470. The van der Waals surface area contributed by atoms with Gasteiger partial charge < -0.3 is 39.7 Å². The Hall–Kier alpha value is -8.67. The van der Waals surface area contributed by atoms with Crippen molar-refractivity contribution in [3.8, 4) is 44.5 Å². The molecule has 0 spiro atoms. The summed E-state index contributed by atoms with van der Waals surface area (Å²) in [6.07, 6.45) is 32.2. The fourth-order valence-electron chi connectivity index (χ4n) is 22.1. The van der Waals surface area contributed by atoms with E-state index in [1.54, 1.807) is 33.1 Å². The molecule has 2 aliphatic carbocycles. The van der Waals surface area contributed by atoms with E-state index in [9.17, 15) is 20.4 Å². The van der Waals surface area contributed by atoms with Crippen molar-refractivity contribution < 1.29 is 20.4 Å². The fourth-order valence-corrected chi connectivity index (χ4v) is 22.8. The van der Waals surface area contributed by atoms with Gasteiger partial charge in [0.1, 0.15) is 0 Å². The van der Waals surface area contributed by atoms with Crippen LogP contribution in [0.5, 0.6) is 0 Å². The van der Waals surface area contributed by atoms with Crippen molar-refractivity contribution >= 4 is 78.0 Å². The summed E-state index contributed by atoms with van der Waals surface area (Å²) in [6, 6.07) is 58.5. The summed E-state index contributed by atoms with van der Waals surface area (Å²) in [4.78, 5) is 3.49. The summed E-state index contributed by atoms with van der Waals surface area (Å²) in [7, 11) is 0. The van der Waals surface area contributed by atoms with Crippen LogP contribution in [0.1, 0.15) is 335 Å². The number of aliphatic hydroxyl groups excluding tert-OH is 4. The lowest BCUT2D eigenvalue weighted by Gasteiger charge is -2.42. The first-order chi connectivity index (χ1) is 57.9. The van der Waals surface area contributed by atoms with Crippen molar-refractivity contribution in [2.24, 2.45) is 0 Å². The third-order valence-corrected chi connectivity index (χ3v) is 28.7. The van der Waals surface area contributed by atoms with Crippen LogP contribution >= 0.6 is 12.1 Å². The van der Waals surface area contributed by atoms with E-state index in [0.29, 0.717) is 0 Å². The van der Waals surface area contributed by atoms with Crippen LogP contribution in [-0.4, -0.2) is 20.4 Å². The summed E-state index contributed by atoms with van der Waals surface area (Å²) < 4.78 is 7.01. The first kappa shape index (κ1) is 85.3. The standard InChI is InChI=1S/C71H78N2O4.C37H50N2S.C2H6/c1-9-11-13-15-17-19-33-71(34-20-18-16-14-12-10-2)57-35-42(4)23-31-51(57)52-32-26-48(40-58(52)71)47-24-29-50(30-25-47)73-69(76)55-38-45(7)61-59-43(5)36-53-63-54(68(75)72(67(53)74)49-27-21-41(3)22-28-49)37-44(6)60(65(59)63)62-46(8)39-56(70(73)77)64(55)66(61)62;1-5-7-9-11-13-15-23-37(24-16-14-12-10-8-6-2)33-25-27(3)17-20-31(33)32-22-19-29(26-34(32)37)30-21-18-28(4)35-36(30)39-40-38-35;1-2/h21-32,35-40,67-70,74-77H,9-20,33-34H2,1-8H3;17-22,25-26,38-39H,5-16,23-24H2,1-4H3;1-2H3/t67-,68+,69+,70-;;. The van der Waals surface area contributed by atoms with Gasteiger partial charge >= 0.3 is 0 Å². The van der Waals surface area contributed by atoms with Gasteiger partial charge in [0.05, 0.1) is 23.5 Å². The maximum atomic E-state index is 12.7. The second-order valence-electron chi connectivity index (χ2n) is 36.2. The van der Waals surface area contributed by atoms with Crippen molar-refractivity contribution in [1.82, 2.24) is 0 Å². The third kappa shape index (κ3) is 15.8. The van der Waals surface area contributed by atoms with Crippen LogP contribution in [0.2, 0.25) is 0 Å². The fraction of sp³-hybridized carbons (Fsp3) is 0.436. The number of hydrogen-bond acceptors (Lipinski definition) is 9. The lowest BCUT2D eigenvalue weighted by molar-refractivity contribution is 0.0796. The van der Waals surface area contributed by atoms with Gasteiger partial charge in [0.2, 0.25) is 0 Å². The van der Waals surface area contributed by atoms with Gasteiger partial charge in [-0.05, 0) is 250 Å². The summed E-state index contributed by atoms with van der Waals surface area (Å²) in [5.41, 5.74) is 33.3. The molecule has 119 heavy (non-hydrogen) atoms. The molecule has 9 heteroatoms. The molecule has 4 atom stereocenters. The zero-order valence-electron chi connectivity index (χ0n) is 74.2. The Labute approximate surface area is 716 Å². The predicted octanol–water partition coefficient (Wildman–Crippen LogP) is 31.2. The maximum absolute atomic E-state index is 12.7. The molecule has 0 unspecified atom stereocenters. The average Bonchev–Trinajstić information content (AvgIpc) is 0.935. The highest BCUT2D eigenvalue weighted by Crippen LogP contribution is 2.60. The van der Waals surface area contributed by atoms with Crippen LogP contribution in [0.25, 0.3) is 87.6 Å². The van der Waals surface area contributed by atoms with Gasteiger partial charge in [0.15, 0.2) is 24.9 Å². The van der Waals surface area contributed by atoms with E-state index < -0.39 is 24.9 Å². The van der Waals surface area contributed by atoms with Crippen LogP contribution < -0.4 is 19.2 Å². The number of nitrogens with one attached hydrogen (secondary N) is 2. The van der Waals surface area contributed by atoms with Crippen LogP contribution in [-0.2, 0) is 10.8 Å². The summed E-state index contributed by atoms with van der Waals surface area (Å²) in [6.45, 7) is 30.5. The number of rotatable bonds is 32. The summed E-state index contributed by atoms with van der Waals surface area (Å²) >= 11 is 1.58. The second kappa shape index (κ2) is 37.0. The number of aliphatic hydroxyl groups is 4. The molecule has 3 heterocycles. The molecule has 624 valence electrons. The molecule has 0 amide bonds. The highest BCUT2D eigenvalue weighted by molar-refractivity contribution is 8.02. The minimum absolute atomic E-state index is 0.0179. The van der Waals surface area contributed by atoms with E-state index in [0.717, 1.165) is 110 Å². The molecule has 8 nitrogen and oxygen atoms in total. The number of nitrogens with zero attached hydrogens (tertiary/aromatic N) is 2. The molecule has 12 aromatic rings. The number of fused-ring (bicyclic) bond motifs is 9. The van der Waals surface area contributed by atoms with Crippen molar-refractivity contribution in [1.29, 1.82) is 0 Å². The normalized spacial score (nSPS) is 16.8. The molecule has 12 aromatic carbocycles. The summed E-state index contributed by atoms with van der Waals surface area (Å²) in [5, 5.41) is 58.0. The SMILES string of the molecule is CC.CCCCCCCCC1(CCCCCCCC)c2cc(C)ccc2-c2ccc(-c3ccc(C)c4c3NSN4)cc21.CCCCCCCCC1(CCCCCCCC)c2cc(C)ccc2-c2ccc(-c3ccc(N4[C@H](O)c5cc(C)c6c7c(C)cc8c9c(cc(C)c(c%10c(C)cc(c5c6%10)[C@@H]4O)c97)[C@@H](O)N(c4ccc(C)cc4)[C@H]8O)cc3)cc21. The predicted molar refractivity (Wildman–Crippen MR) is 511 cm³/mol. The molecule has 17 rings (SSSR count). The lowest BCUT2D eigenvalue weighted by Crippen LogP contribution is -2.36. The van der Waals surface area contributed by atoms with E-state index in [4.69, 9.17) is 0 Å². The highest BCUT2D eigenvalue weighted by atomic mass is 32.2. The van der Waals surface area contributed by atoms with Gasteiger partial charge in [-0.1, -0.05) is 334 Å². The molecule has 6 N–H and O–H groups in total. The van der Waals surface area contributed by atoms with Crippen molar-refractivity contribution in [3.63, 3.8) is 0 Å². The molecule has 0 saturated heterocycles. The number of unbranched alkanes of at least 4 members (excludes halogenated alkanes) is 20. The zero-order chi connectivity index (χ0) is 83.6. The zero-order valence-corrected chi connectivity index (χ0v) is 75.0. The lowest BCUT2D eigenvalue weighted by atomic mass is 9.70. The van der Waals surface area contributed by atoms with Gasteiger partial charge in [0.25, 0.3) is 0 Å². The average molecular weight is 1610 g/mol. The van der Waals surface area contributed by atoms with E-state index in [2.05, 4.69) is 219 Å². The van der Waals surface area contributed by atoms with Crippen molar-refractivity contribution in [2.75, 3.05) is 19.2 Å². The second-order valence-corrected chi connectivity index (χ2v) is 36.8. The Morgan fingerprint density at radius 3 is 0.950 bits per heavy atom. The Balaban J connectivity index is 0.000000221. The Morgan fingerprint density at radius 1 is 0.277 bits per heavy atom. The smallest absolute Gasteiger partial charge is 0.156 e. The molecule has 0 bridgehead atoms. The van der Waals surface area contributed by atoms with E-state index in [1.807, 2.05) is 45.0 Å². The maximum Gasteiger partial charge on any atom is 0.156 e. The number of benzene rings is 12. The Morgan fingerprint density at radius 2 is 0.571 bits per heavy atom. The van der Waals surface area contributed by atoms with Gasteiger partial charge in [-0.15, -0.1) is 0 Å². The van der Waals surface area contributed by atoms with E-state index in [1.165, 1.54) is 258 Å². The van der Waals surface area contributed by atoms with Crippen LogP contribution in [0.3, 0.4) is 0 Å². The van der Waals surface area contributed by atoms with Gasteiger partial charge in [-0.2, -0.15) is 0 Å². The first-order valence-electron chi connectivity index (χ1n) is 46.4. The van der Waals surface area contributed by atoms with Crippen LogP contribution in [0.15, 0.2) is 158 Å². The first-order valence-corrected chi connectivity index (χ1v) is 47.2. The van der Waals surface area contributed by atoms with Gasteiger partial charge in [0, 0.05) is 50.0 Å². The largest absolute Gasteiger partial charge is 0.369 e. The van der Waals surface area contributed by atoms with E-state index >= 15 is 0 Å². The molecule has 5 aliphatic rings. The van der Waals surface area contributed by atoms with Gasteiger partial charge in [-0.3, -0.25) is 0 Å². The molecule has 0 radical (unpaired) electrons. The van der Waals surface area contributed by atoms with E-state index in [-0.39, 0.29) is 10.8 Å². The molecular weight excluding hydrogens is 1470 g/mol. The number of aryl methyl sites for hydroxylation is 8. The van der Waals surface area contributed by atoms with Gasteiger partial charge in [-0.25, -0.2) is 0 Å². The van der Waals surface area contributed by atoms with Crippen molar-refractivity contribution in [3.05, 3.63) is 247 Å². The van der Waals surface area contributed by atoms with Crippen LogP contribution in [0.4, 0.5) is 22.7 Å². The monoisotopic (exact) mass is 1610 g/mol. The highest BCUT2D eigenvalue weighted by Gasteiger charge is 2.46.